The standard InChI is InChI=1S/C22H24F6O2/c1-15(16-11-18(21(23,24)25)13-19(12-16)22(26,27)28)30-14-20(2,9-6-10-29)17-7-4-3-5-8-17/h3-5,7-8,11-13,15,29H,6,9-10,14H2,1-2H3. The lowest BCUT2D eigenvalue weighted by atomic mass is 9.79. The molecule has 2 aromatic carbocycles. The van der Waals surface area contributed by atoms with Gasteiger partial charge in [-0.05, 0) is 49.1 Å². The van der Waals surface area contributed by atoms with Crippen molar-refractivity contribution in [2.24, 2.45) is 0 Å². The molecule has 0 aliphatic heterocycles. The van der Waals surface area contributed by atoms with Crippen LogP contribution in [0.1, 0.15) is 55.0 Å². The van der Waals surface area contributed by atoms with E-state index in [1.165, 1.54) is 6.92 Å². The molecule has 2 rings (SSSR count). The topological polar surface area (TPSA) is 29.5 Å². The highest BCUT2D eigenvalue weighted by Crippen LogP contribution is 2.38. The van der Waals surface area contributed by atoms with E-state index in [4.69, 9.17) is 4.74 Å². The second-order valence-corrected chi connectivity index (χ2v) is 7.55. The molecule has 2 aromatic rings. The van der Waals surface area contributed by atoms with Crippen LogP contribution in [0.25, 0.3) is 0 Å². The lowest BCUT2D eigenvalue weighted by Crippen LogP contribution is -2.29. The number of aliphatic hydroxyl groups excluding tert-OH is 1. The van der Waals surface area contributed by atoms with Gasteiger partial charge in [0, 0.05) is 12.0 Å². The highest BCUT2D eigenvalue weighted by atomic mass is 19.4. The third-order valence-electron chi connectivity index (χ3n) is 5.09. The molecule has 2 nitrogen and oxygen atoms in total. The second kappa shape index (κ2) is 9.39. The summed E-state index contributed by atoms with van der Waals surface area (Å²) in [6, 6.07) is 10.7. The van der Waals surface area contributed by atoms with E-state index in [0.717, 1.165) is 5.56 Å². The zero-order chi connectivity index (χ0) is 22.6. The lowest BCUT2D eigenvalue weighted by molar-refractivity contribution is -0.143. The van der Waals surface area contributed by atoms with Crippen LogP contribution in [-0.2, 0) is 22.5 Å². The van der Waals surface area contributed by atoms with Crippen LogP contribution in [0.15, 0.2) is 48.5 Å². The van der Waals surface area contributed by atoms with Crippen molar-refractivity contribution < 1.29 is 36.2 Å². The molecule has 8 heteroatoms. The Hall–Kier alpha value is -2.06. The molecule has 0 amide bonds. The van der Waals surface area contributed by atoms with Gasteiger partial charge in [0.1, 0.15) is 0 Å². The minimum Gasteiger partial charge on any atom is -0.396 e. The molecule has 0 aliphatic rings. The molecule has 0 saturated heterocycles. The van der Waals surface area contributed by atoms with E-state index in [1.54, 1.807) is 0 Å². The van der Waals surface area contributed by atoms with Crippen LogP contribution in [-0.4, -0.2) is 18.3 Å². The molecular weight excluding hydrogens is 410 g/mol. The van der Waals surface area contributed by atoms with Crippen LogP contribution >= 0.6 is 0 Å². The highest BCUT2D eigenvalue weighted by Gasteiger charge is 2.37. The first-order valence-electron chi connectivity index (χ1n) is 9.44. The summed E-state index contributed by atoms with van der Waals surface area (Å²) >= 11 is 0. The van der Waals surface area contributed by atoms with Gasteiger partial charge < -0.3 is 9.84 Å². The summed E-state index contributed by atoms with van der Waals surface area (Å²) in [6.07, 6.45) is -9.79. The van der Waals surface area contributed by atoms with Gasteiger partial charge in [-0.2, -0.15) is 26.3 Å². The maximum Gasteiger partial charge on any atom is 0.416 e. The average Bonchev–Trinajstić information content (AvgIpc) is 2.69. The quantitative estimate of drug-likeness (QED) is 0.479. The maximum absolute atomic E-state index is 13.1. The van der Waals surface area contributed by atoms with Gasteiger partial charge in [0.15, 0.2) is 0 Å². The molecule has 0 radical (unpaired) electrons. The van der Waals surface area contributed by atoms with Gasteiger partial charge in [-0.1, -0.05) is 37.3 Å². The minimum absolute atomic E-state index is 0.0411. The molecule has 0 aliphatic carbocycles. The van der Waals surface area contributed by atoms with Crippen molar-refractivity contribution in [3.63, 3.8) is 0 Å². The van der Waals surface area contributed by atoms with Gasteiger partial charge in [0.05, 0.1) is 23.8 Å². The van der Waals surface area contributed by atoms with Crippen LogP contribution < -0.4 is 0 Å². The number of ether oxygens (including phenoxy) is 1. The number of halogens is 6. The summed E-state index contributed by atoms with van der Waals surface area (Å²) in [7, 11) is 0. The summed E-state index contributed by atoms with van der Waals surface area (Å²) in [5, 5.41) is 9.19. The van der Waals surface area contributed by atoms with Crippen molar-refractivity contribution in [1.29, 1.82) is 0 Å². The SMILES string of the molecule is CC(OCC(C)(CCCO)c1ccccc1)c1cc(C(F)(F)F)cc(C(F)(F)F)c1. The predicted molar refractivity (Wildman–Crippen MR) is 101 cm³/mol. The minimum atomic E-state index is -4.91. The summed E-state index contributed by atoms with van der Waals surface area (Å²) in [4.78, 5) is 0. The lowest BCUT2D eigenvalue weighted by Gasteiger charge is -2.31. The van der Waals surface area contributed by atoms with E-state index in [2.05, 4.69) is 0 Å². The van der Waals surface area contributed by atoms with Crippen LogP contribution in [0.2, 0.25) is 0 Å². The van der Waals surface area contributed by atoms with E-state index >= 15 is 0 Å². The van der Waals surface area contributed by atoms with Gasteiger partial charge in [-0.15, -0.1) is 0 Å². The maximum atomic E-state index is 13.1. The first kappa shape index (κ1) is 24.2. The summed E-state index contributed by atoms with van der Waals surface area (Å²) < 4.78 is 84.4. The van der Waals surface area contributed by atoms with E-state index in [1.807, 2.05) is 37.3 Å². The number of hydrogen-bond donors (Lipinski definition) is 1. The largest absolute Gasteiger partial charge is 0.416 e. The summed E-state index contributed by atoms with van der Waals surface area (Å²) in [6.45, 7) is 3.33. The fraction of sp³-hybridized carbons (Fsp3) is 0.455. The Kier molecular flexibility index (Phi) is 7.58. The van der Waals surface area contributed by atoms with Crippen LogP contribution in [0, 0.1) is 0 Å². The molecule has 0 spiro atoms. The van der Waals surface area contributed by atoms with Gasteiger partial charge in [0.2, 0.25) is 0 Å². The Morgan fingerprint density at radius 2 is 1.40 bits per heavy atom. The Labute approximate surface area is 171 Å². The van der Waals surface area contributed by atoms with Gasteiger partial charge in [-0.25, -0.2) is 0 Å². The number of aliphatic hydroxyl groups is 1. The zero-order valence-corrected chi connectivity index (χ0v) is 16.6. The van der Waals surface area contributed by atoms with E-state index in [-0.39, 0.29) is 24.8 Å². The Morgan fingerprint density at radius 3 is 1.87 bits per heavy atom. The summed E-state index contributed by atoms with van der Waals surface area (Å²) in [5.41, 5.74) is -2.59. The van der Waals surface area contributed by atoms with Crippen molar-refractivity contribution in [1.82, 2.24) is 0 Å². The third kappa shape index (κ3) is 6.22. The van der Waals surface area contributed by atoms with Crippen LogP contribution in [0.4, 0.5) is 26.3 Å². The molecule has 0 bridgehead atoms. The monoisotopic (exact) mass is 434 g/mol. The highest BCUT2D eigenvalue weighted by molar-refractivity contribution is 5.34. The van der Waals surface area contributed by atoms with Crippen molar-refractivity contribution in [2.45, 2.75) is 50.6 Å². The third-order valence-corrected chi connectivity index (χ3v) is 5.09. The molecule has 0 heterocycles. The van der Waals surface area contributed by atoms with E-state index in [0.29, 0.717) is 25.0 Å². The molecule has 166 valence electrons. The first-order valence-corrected chi connectivity index (χ1v) is 9.44. The van der Waals surface area contributed by atoms with Crippen LogP contribution in [0.5, 0.6) is 0 Å². The van der Waals surface area contributed by atoms with Crippen molar-refractivity contribution in [3.8, 4) is 0 Å². The van der Waals surface area contributed by atoms with Gasteiger partial charge >= 0.3 is 12.4 Å². The molecule has 0 saturated carbocycles. The molecule has 30 heavy (non-hydrogen) atoms. The molecule has 2 unspecified atom stereocenters. The summed E-state index contributed by atoms with van der Waals surface area (Å²) in [5.74, 6) is 0. The number of rotatable bonds is 8. The van der Waals surface area contributed by atoms with E-state index < -0.39 is 35.0 Å². The molecular formula is C22H24F6O2. The zero-order valence-electron chi connectivity index (χ0n) is 16.6. The molecule has 0 fully saturated rings. The van der Waals surface area contributed by atoms with Gasteiger partial charge in [-0.3, -0.25) is 0 Å². The van der Waals surface area contributed by atoms with Crippen LogP contribution in [0.3, 0.4) is 0 Å². The van der Waals surface area contributed by atoms with Crippen molar-refractivity contribution >= 4 is 0 Å². The molecule has 2 atom stereocenters. The fourth-order valence-corrected chi connectivity index (χ4v) is 3.23. The smallest absolute Gasteiger partial charge is 0.396 e. The Bertz CT molecular complexity index is 784. The number of hydrogen-bond acceptors (Lipinski definition) is 2. The van der Waals surface area contributed by atoms with Crippen molar-refractivity contribution in [2.75, 3.05) is 13.2 Å². The van der Waals surface area contributed by atoms with Crippen molar-refractivity contribution in [3.05, 3.63) is 70.8 Å². The predicted octanol–water partition coefficient (Wildman–Crippen LogP) is 6.53. The Balaban J connectivity index is 2.30. The second-order valence-electron chi connectivity index (χ2n) is 7.55. The Morgan fingerprint density at radius 1 is 0.867 bits per heavy atom. The average molecular weight is 434 g/mol. The van der Waals surface area contributed by atoms with Gasteiger partial charge in [0.25, 0.3) is 0 Å². The number of benzene rings is 2. The number of alkyl halides is 6. The molecule has 0 aromatic heterocycles. The normalized spacial score (nSPS) is 15.6. The molecule has 1 N–H and O–H groups in total. The fourth-order valence-electron chi connectivity index (χ4n) is 3.23. The first-order chi connectivity index (χ1) is 13.9. The van der Waals surface area contributed by atoms with E-state index in [9.17, 15) is 31.4 Å².